The molecule has 1 atom stereocenters. The van der Waals surface area contributed by atoms with Crippen molar-refractivity contribution in [1.29, 1.82) is 0 Å². The maximum Gasteiger partial charge on any atom is 0 e. The normalized spacial score (nSPS) is 24.6. The van der Waals surface area contributed by atoms with E-state index >= 15 is 0 Å². The van der Waals surface area contributed by atoms with Gasteiger partial charge in [0.25, 0.3) is 0 Å². The zero-order valence-electron chi connectivity index (χ0n) is 6.85. The number of hydrogen-bond donors (Lipinski definition) is 0. The van der Waals surface area contributed by atoms with Gasteiger partial charge in [0, 0.05) is 1.43 Å². The van der Waals surface area contributed by atoms with Crippen LogP contribution < -0.4 is 0 Å². The lowest BCUT2D eigenvalue weighted by Gasteiger charge is -2.09. The predicted octanol–water partition coefficient (Wildman–Crippen LogP) is 3.63. The third-order valence-corrected chi connectivity index (χ3v) is 1.53. The van der Waals surface area contributed by atoms with Crippen molar-refractivity contribution in [2.75, 3.05) is 0 Å². The zero-order chi connectivity index (χ0) is 7.11. The Balaban J connectivity index is 0. The van der Waals surface area contributed by atoms with Gasteiger partial charge >= 0.3 is 0 Å². The van der Waals surface area contributed by atoms with Crippen LogP contribution in [0.2, 0.25) is 0 Å². The molecule has 0 fully saturated rings. The minimum Gasteiger partial charge on any atom is -0.0885 e. The molecular weight excluding hydrogens is 108 g/mol. The Morgan fingerprint density at radius 2 is 2.00 bits per heavy atom. The summed E-state index contributed by atoms with van der Waals surface area (Å²) in [5.74, 6) is 0.949. The lowest BCUT2D eigenvalue weighted by molar-refractivity contribution is 0.527. The van der Waals surface area contributed by atoms with Crippen molar-refractivity contribution in [2.45, 2.75) is 40.0 Å². The molecule has 56 valence electrons. The first-order chi connectivity index (χ1) is 4.39. The van der Waals surface area contributed by atoms with Gasteiger partial charge in [0.05, 0.1) is 0 Å². The van der Waals surface area contributed by atoms with E-state index < -0.39 is 0 Å². The van der Waals surface area contributed by atoms with E-state index in [0.717, 1.165) is 5.92 Å². The Morgan fingerprint density at radius 1 is 1.33 bits per heavy atom. The van der Waals surface area contributed by atoms with Crippen LogP contribution in [-0.4, -0.2) is 0 Å². The van der Waals surface area contributed by atoms with Gasteiger partial charge in [-0.05, 0) is 25.2 Å². The fraction of sp³-hybridized carbons (Fsp3) is 0.778. The van der Waals surface area contributed by atoms with Crippen LogP contribution in [0.1, 0.15) is 41.5 Å². The number of rotatable bonds is 0. The minimum atomic E-state index is 0. The van der Waals surface area contributed by atoms with Crippen LogP contribution in [0, 0.1) is 5.92 Å². The van der Waals surface area contributed by atoms with Crippen molar-refractivity contribution in [2.24, 2.45) is 5.92 Å². The number of allylic oxidation sites excluding steroid dienone is 2. The van der Waals surface area contributed by atoms with Crippen LogP contribution in [0.4, 0.5) is 0 Å². The van der Waals surface area contributed by atoms with E-state index in [-0.39, 0.29) is 1.43 Å². The van der Waals surface area contributed by atoms with Gasteiger partial charge in [0.15, 0.2) is 0 Å². The summed E-state index contributed by atoms with van der Waals surface area (Å²) in [5.41, 5.74) is 0. The third kappa shape index (κ3) is 4.26. The molecule has 0 amide bonds. The Morgan fingerprint density at radius 3 is 2.22 bits per heavy atom. The highest BCUT2D eigenvalue weighted by Gasteiger charge is 2.00. The Kier molecular flexibility index (Phi) is 5.70. The summed E-state index contributed by atoms with van der Waals surface area (Å²) >= 11 is 0. The molecule has 1 rings (SSSR count). The fourth-order valence-electron chi connectivity index (χ4n) is 0.945. The van der Waals surface area contributed by atoms with E-state index in [0.29, 0.717) is 0 Å². The van der Waals surface area contributed by atoms with Crippen molar-refractivity contribution in [3.05, 3.63) is 12.2 Å². The molecule has 0 saturated heterocycles. The highest BCUT2D eigenvalue weighted by atomic mass is 14.1. The van der Waals surface area contributed by atoms with E-state index in [1.165, 1.54) is 19.3 Å². The summed E-state index contributed by atoms with van der Waals surface area (Å²) in [6.45, 7) is 6.31. The van der Waals surface area contributed by atoms with Gasteiger partial charge in [0.2, 0.25) is 0 Å². The van der Waals surface area contributed by atoms with Gasteiger partial charge in [-0.1, -0.05) is 32.9 Å². The van der Waals surface area contributed by atoms with Crippen LogP contribution in [-0.2, 0) is 0 Å². The van der Waals surface area contributed by atoms with Crippen molar-refractivity contribution in [3.63, 3.8) is 0 Å². The van der Waals surface area contributed by atoms with Gasteiger partial charge in [-0.15, -0.1) is 0 Å². The first kappa shape index (κ1) is 8.74. The molecule has 1 unspecified atom stereocenters. The van der Waals surface area contributed by atoms with Gasteiger partial charge in [-0.25, -0.2) is 0 Å². The summed E-state index contributed by atoms with van der Waals surface area (Å²) in [7, 11) is 0. The fourth-order valence-corrected chi connectivity index (χ4v) is 0.945. The molecular formula is C9H20. The van der Waals surface area contributed by atoms with Crippen molar-refractivity contribution in [1.82, 2.24) is 0 Å². The van der Waals surface area contributed by atoms with Crippen LogP contribution in [0.25, 0.3) is 0 Å². The summed E-state index contributed by atoms with van der Waals surface area (Å²) in [6, 6.07) is 0. The van der Waals surface area contributed by atoms with E-state index in [4.69, 9.17) is 0 Å². The second kappa shape index (κ2) is 5.87. The van der Waals surface area contributed by atoms with Crippen molar-refractivity contribution >= 4 is 0 Å². The van der Waals surface area contributed by atoms with Gasteiger partial charge in [0.1, 0.15) is 0 Å². The van der Waals surface area contributed by atoms with Crippen molar-refractivity contribution < 1.29 is 1.43 Å². The Hall–Kier alpha value is -0.260. The highest BCUT2D eigenvalue weighted by Crippen LogP contribution is 2.15. The smallest absolute Gasteiger partial charge is 0 e. The molecule has 0 spiro atoms. The molecule has 0 aromatic carbocycles. The largest absolute Gasteiger partial charge is 0.0885 e. The molecule has 0 heteroatoms. The maximum absolute atomic E-state index is 2.31. The Bertz CT molecular complexity index is 76.8. The molecule has 9 heavy (non-hydrogen) atoms. The maximum atomic E-state index is 2.31. The van der Waals surface area contributed by atoms with E-state index in [9.17, 15) is 0 Å². The average Bonchev–Trinajstić information content (AvgIpc) is 1.94. The molecule has 0 N–H and O–H groups in total. The minimum absolute atomic E-state index is 0. The van der Waals surface area contributed by atoms with Crippen molar-refractivity contribution in [3.8, 4) is 0 Å². The number of hydrogen-bond acceptors (Lipinski definition) is 0. The van der Waals surface area contributed by atoms with E-state index in [2.05, 4.69) is 19.1 Å². The molecule has 0 aliphatic heterocycles. The van der Waals surface area contributed by atoms with Gasteiger partial charge in [-0.3, -0.25) is 0 Å². The highest BCUT2D eigenvalue weighted by molar-refractivity contribution is 4.88. The molecule has 0 radical (unpaired) electrons. The molecule has 0 heterocycles. The molecule has 0 saturated carbocycles. The zero-order valence-corrected chi connectivity index (χ0v) is 6.85. The molecule has 0 bridgehead atoms. The van der Waals surface area contributed by atoms with Crippen LogP contribution >= 0.6 is 0 Å². The molecule has 1 aliphatic carbocycles. The third-order valence-electron chi connectivity index (χ3n) is 1.53. The lowest BCUT2D eigenvalue weighted by atomic mass is 9.97. The van der Waals surface area contributed by atoms with E-state index in [1.807, 2.05) is 13.8 Å². The average molecular weight is 128 g/mol. The first-order valence-electron chi connectivity index (χ1n) is 4.04. The lowest BCUT2D eigenvalue weighted by Crippen LogP contribution is -1.94. The quantitative estimate of drug-likeness (QED) is 0.437. The second-order valence-corrected chi connectivity index (χ2v) is 2.39. The summed E-state index contributed by atoms with van der Waals surface area (Å²) in [5, 5.41) is 0. The summed E-state index contributed by atoms with van der Waals surface area (Å²) in [6.07, 6.45) is 8.58. The molecule has 0 aromatic rings. The Labute approximate surface area is 60.5 Å². The van der Waals surface area contributed by atoms with Crippen LogP contribution in [0.5, 0.6) is 0 Å². The van der Waals surface area contributed by atoms with Crippen LogP contribution in [0.3, 0.4) is 0 Å². The van der Waals surface area contributed by atoms with Gasteiger partial charge in [-0.2, -0.15) is 0 Å². The second-order valence-electron chi connectivity index (χ2n) is 2.39. The first-order valence-corrected chi connectivity index (χ1v) is 4.04. The topological polar surface area (TPSA) is 0 Å². The van der Waals surface area contributed by atoms with E-state index in [1.54, 1.807) is 0 Å². The summed E-state index contributed by atoms with van der Waals surface area (Å²) < 4.78 is 0. The predicted molar refractivity (Wildman–Crippen MR) is 45.6 cm³/mol. The molecule has 1 aliphatic rings. The SMILES string of the molecule is CC.CC1CC=CCC1.[HH]. The summed E-state index contributed by atoms with van der Waals surface area (Å²) in [4.78, 5) is 0. The standard InChI is InChI=1S/C7H12.C2H6.H2/c1-7-5-3-2-4-6-7;1-2;/h2-3,7H,4-6H2,1H3;1-2H3;1H. The van der Waals surface area contributed by atoms with Gasteiger partial charge < -0.3 is 0 Å². The van der Waals surface area contributed by atoms with Crippen LogP contribution in [0.15, 0.2) is 12.2 Å². The monoisotopic (exact) mass is 128 g/mol. The molecule has 0 aromatic heterocycles. The molecule has 0 nitrogen and oxygen atoms in total.